The highest BCUT2D eigenvalue weighted by Crippen LogP contribution is 2.10. The Bertz CT molecular complexity index is 474. The van der Waals surface area contributed by atoms with Crippen LogP contribution in [0.2, 0.25) is 0 Å². The van der Waals surface area contributed by atoms with E-state index in [0.29, 0.717) is 13.1 Å². The molecule has 1 aromatic heterocycles. The van der Waals surface area contributed by atoms with Gasteiger partial charge in [-0.25, -0.2) is 8.42 Å². The molecule has 1 rings (SSSR count). The van der Waals surface area contributed by atoms with Crippen LogP contribution >= 0.6 is 0 Å². The van der Waals surface area contributed by atoms with Crippen LogP contribution in [0.25, 0.3) is 0 Å². The highest BCUT2D eigenvalue weighted by Gasteiger charge is 2.26. The molecule has 0 fully saturated rings. The number of pyridine rings is 1. The first-order valence-corrected chi connectivity index (χ1v) is 7.92. The van der Waals surface area contributed by atoms with Gasteiger partial charge in [0.25, 0.3) is 0 Å². The molecule has 0 radical (unpaired) electrons. The maximum atomic E-state index is 12.3. The predicted octanol–water partition coefficient (Wildman–Crippen LogP) is 1.23. The lowest BCUT2D eigenvalue weighted by Gasteiger charge is -2.22. The standard InChI is InChI=1S/C13H23N3O2S/c1-11(2)15-9-12(3)19(17,18)16(4)10-13-7-5-6-8-14-13/h5-8,11-12,15H,9-10H2,1-4H3. The highest BCUT2D eigenvalue weighted by molar-refractivity contribution is 7.89. The van der Waals surface area contributed by atoms with E-state index < -0.39 is 15.3 Å². The second-order valence-electron chi connectivity index (χ2n) is 5.00. The molecule has 0 aromatic carbocycles. The van der Waals surface area contributed by atoms with Gasteiger partial charge in [0.05, 0.1) is 17.5 Å². The molecule has 19 heavy (non-hydrogen) atoms. The summed E-state index contributed by atoms with van der Waals surface area (Å²) >= 11 is 0. The van der Waals surface area contributed by atoms with E-state index in [2.05, 4.69) is 10.3 Å². The third-order valence-corrected chi connectivity index (χ3v) is 5.05. The van der Waals surface area contributed by atoms with Crippen LogP contribution in [0, 0.1) is 0 Å². The Balaban J connectivity index is 2.66. The van der Waals surface area contributed by atoms with Gasteiger partial charge in [0.1, 0.15) is 0 Å². The second kappa shape index (κ2) is 6.98. The van der Waals surface area contributed by atoms with Gasteiger partial charge in [0, 0.05) is 25.8 Å². The largest absolute Gasteiger partial charge is 0.313 e. The predicted molar refractivity (Wildman–Crippen MR) is 77.2 cm³/mol. The Kier molecular flexibility index (Phi) is 5.90. The first-order chi connectivity index (χ1) is 8.84. The van der Waals surface area contributed by atoms with Crippen molar-refractivity contribution >= 4 is 10.0 Å². The summed E-state index contributed by atoms with van der Waals surface area (Å²) in [5.74, 6) is 0. The van der Waals surface area contributed by atoms with Gasteiger partial charge in [-0.05, 0) is 19.1 Å². The van der Waals surface area contributed by atoms with E-state index in [0.717, 1.165) is 5.69 Å². The highest BCUT2D eigenvalue weighted by atomic mass is 32.2. The summed E-state index contributed by atoms with van der Waals surface area (Å²) in [6.45, 7) is 6.47. The van der Waals surface area contributed by atoms with Gasteiger partial charge >= 0.3 is 0 Å². The lowest BCUT2D eigenvalue weighted by atomic mass is 10.3. The Morgan fingerprint density at radius 2 is 2.00 bits per heavy atom. The number of hydrogen-bond acceptors (Lipinski definition) is 4. The molecule has 0 saturated carbocycles. The van der Waals surface area contributed by atoms with Gasteiger partial charge in [-0.2, -0.15) is 4.31 Å². The molecule has 1 heterocycles. The monoisotopic (exact) mass is 285 g/mol. The Hall–Kier alpha value is -0.980. The molecule has 1 aromatic rings. The summed E-state index contributed by atoms with van der Waals surface area (Å²) in [5, 5.41) is 2.69. The molecule has 0 saturated heterocycles. The van der Waals surface area contributed by atoms with Crippen molar-refractivity contribution in [3.05, 3.63) is 30.1 Å². The fraction of sp³-hybridized carbons (Fsp3) is 0.615. The molecule has 1 unspecified atom stereocenters. The van der Waals surface area contributed by atoms with Gasteiger partial charge in [-0.1, -0.05) is 19.9 Å². The Labute approximate surface area is 116 Å². The van der Waals surface area contributed by atoms with Crippen molar-refractivity contribution < 1.29 is 8.42 Å². The van der Waals surface area contributed by atoms with Gasteiger partial charge in [0.2, 0.25) is 10.0 Å². The molecule has 0 aliphatic rings. The lowest BCUT2D eigenvalue weighted by molar-refractivity contribution is 0.447. The number of hydrogen-bond donors (Lipinski definition) is 1. The van der Waals surface area contributed by atoms with Crippen LogP contribution in [0.15, 0.2) is 24.4 Å². The summed E-state index contributed by atoms with van der Waals surface area (Å²) in [4.78, 5) is 4.14. The number of rotatable bonds is 7. The fourth-order valence-electron chi connectivity index (χ4n) is 1.62. The Morgan fingerprint density at radius 1 is 1.32 bits per heavy atom. The molecule has 0 aliphatic heterocycles. The molecule has 0 spiro atoms. The maximum Gasteiger partial charge on any atom is 0.218 e. The molecule has 1 atom stereocenters. The normalized spacial score (nSPS) is 14.0. The van der Waals surface area contributed by atoms with Gasteiger partial charge in [-0.15, -0.1) is 0 Å². The first-order valence-electron chi connectivity index (χ1n) is 6.42. The number of nitrogens with one attached hydrogen (secondary N) is 1. The van der Waals surface area contributed by atoms with Crippen molar-refractivity contribution in [3.8, 4) is 0 Å². The molecule has 1 N–H and O–H groups in total. The van der Waals surface area contributed by atoms with Gasteiger partial charge in [0.15, 0.2) is 0 Å². The molecular formula is C13H23N3O2S. The van der Waals surface area contributed by atoms with Crippen LogP contribution in [0.1, 0.15) is 26.5 Å². The minimum absolute atomic E-state index is 0.277. The van der Waals surface area contributed by atoms with Crippen molar-refractivity contribution in [2.75, 3.05) is 13.6 Å². The summed E-state index contributed by atoms with van der Waals surface area (Å²) in [6, 6.07) is 5.77. The fourth-order valence-corrected chi connectivity index (χ4v) is 2.86. The molecule has 0 aliphatic carbocycles. The lowest BCUT2D eigenvalue weighted by Crippen LogP contribution is -2.41. The number of aromatic nitrogens is 1. The van der Waals surface area contributed by atoms with Crippen LogP contribution in [0.3, 0.4) is 0 Å². The quantitative estimate of drug-likeness (QED) is 0.818. The molecule has 108 valence electrons. The minimum Gasteiger partial charge on any atom is -0.313 e. The third-order valence-electron chi connectivity index (χ3n) is 2.87. The van der Waals surface area contributed by atoms with E-state index in [-0.39, 0.29) is 6.04 Å². The van der Waals surface area contributed by atoms with E-state index in [4.69, 9.17) is 0 Å². The van der Waals surface area contributed by atoms with Crippen molar-refractivity contribution in [1.82, 2.24) is 14.6 Å². The van der Waals surface area contributed by atoms with E-state index in [1.54, 1.807) is 20.2 Å². The van der Waals surface area contributed by atoms with Gasteiger partial charge in [-0.3, -0.25) is 4.98 Å². The van der Waals surface area contributed by atoms with Crippen molar-refractivity contribution in [3.63, 3.8) is 0 Å². The Morgan fingerprint density at radius 3 is 2.53 bits per heavy atom. The SMILES string of the molecule is CC(C)NCC(C)S(=O)(=O)N(C)Cc1ccccn1. The van der Waals surface area contributed by atoms with E-state index in [1.807, 2.05) is 32.0 Å². The maximum absolute atomic E-state index is 12.3. The van der Waals surface area contributed by atoms with Crippen LogP contribution in [-0.4, -0.2) is 42.6 Å². The molecule has 5 nitrogen and oxygen atoms in total. The van der Waals surface area contributed by atoms with Crippen LogP contribution in [0.5, 0.6) is 0 Å². The average molecular weight is 285 g/mol. The number of sulfonamides is 1. The zero-order chi connectivity index (χ0) is 14.5. The first kappa shape index (κ1) is 16.1. The summed E-state index contributed by atoms with van der Waals surface area (Å²) in [5.41, 5.74) is 0.748. The van der Waals surface area contributed by atoms with Crippen molar-refractivity contribution in [1.29, 1.82) is 0 Å². The molecule has 6 heteroatoms. The van der Waals surface area contributed by atoms with Crippen molar-refractivity contribution in [2.45, 2.75) is 38.6 Å². The van der Waals surface area contributed by atoms with E-state index in [1.165, 1.54) is 4.31 Å². The van der Waals surface area contributed by atoms with Crippen molar-refractivity contribution in [2.24, 2.45) is 0 Å². The van der Waals surface area contributed by atoms with Crippen LogP contribution in [-0.2, 0) is 16.6 Å². The smallest absolute Gasteiger partial charge is 0.218 e. The topological polar surface area (TPSA) is 62.3 Å². The van der Waals surface area contributed by atoms with Crippen LogP contribution in [0.4, 0.5) is 0 Å². The zero-order valence-corrected chi connectivity index (χ0v) is 12.8. The number of nitrogens with zero attached hydrogens (tertiary/aromatic N) is 2. The average Bonchev–Trinajstić information content (AvgIpc) is 2.36. The third kappa shape index (κ3) is 4.89. The molecular weight excluding hydrogens is 262 g/mol. The zero-order valence-electron chi connectivity index (χ0n) is 12.0. The molecule has 0 amide bonds. The van der Waals surface area contributed by atoms with Gasteiger partial charge < -0.3 is 5.32 Å². The summed E-state index contributed by atoms with van der Waals surface area (Å²) in [7, 11) is -1.71. The van der Waals surface area contributed by atoms with E-state index in [9.17, 15) is 8.42 Å². The minimum atomic E-state index is -3.30. The summed E-state index contributed by atoms with van der Waals surface area (Å²) in [6.07, 6.45) is 1.67. The van der Waals surface area contributed by atoms with E-state index >= 15 is 0 Å². The second-order valence-corrected chi connectivity index (χ2v) is 7.45. The molecule has 0 bridgehead atoms. The summed E-state index contributed by atoms with van der Waals surface area (Å²) < 4.78 is 26.0. The van der Waals surface area contributed by atoms with Crippen LogP contribution < -0.4 is 5.32 Å².